The first-order valence-electron chi connectivity index (χ1n) is 7.26. The molecule has 3 aromatic rings. The predicted octanol–water partition coefficient (Wildman–Crippen LogP) is 4.78. The molecule has 0 spiro atoms. The summed E-state index contributed by atoms with van der Waals surface area (Å²) in [6.45, 7) is 0.293. The molecule has 3 rings (SSSR count). The first kappa shape index (κ1) is 16.5. The average molecular weight is 361 g/mol. The highest BCUT2D eigenvalue weighted by Gasteiger charge is 2.13. The summed E-state index contributed by atoms with van der Waals surface area (Å²) in [5.74, 6) is 1.48. The van der Waals surface area contributed by atoms with Crippen LogP contribution in [0.25, 0.3) is 16.6 Å². The number of nitrogens with zero attached hydrogens (tertiary/aromatic N) is 2. The first-order chi connectivity index (χ1) is 11.7. The zero-order chi connectivity index (χ0) is 17.1. The van der Waals surface area contributed by atoms with Crippen molar-refractivity contribution in [2.75, 3.05) is 19.6 Å². The molecule has 1 heterocycles. The third-order valence-corrected chi connectivity index (χ3v) is 4.08. The fourth-order valence-electron chi connectivity index (χ4n) is 2.56. The van der Waals surface area contributed by atoms with Crippen molar-refractivity contribution < 1.29 is 9.47 Å². The Balaban J connectivity index is 2.10. The Morgan fingerprint density at radius 1 is 1.21 bits per heavy atom. The van der Waals surface area contributed by atoms with Gasteiger partial charge in [-0.15, -0.1) is 11.6 Å². The van der Waals surface area contributed by atoms with E-state index in [4.69, 9.17) is 32.7 Å². The van der Waals surface area contributed by atoms with Gasteiger partial charge in [-0.25, -0.2) is 0 Å². The summed E-state index contributed by atoms with van der Waals surface area (Å²) < 4.78 is 12.7. The quantitative estimate of drug-likeness (QED) is 0.615. The zero-order valence-corrected chi connectivity index (χ0v) is 14.4. The van der Waals surface area contributed by atoms with Crippen LogP contribution in [0.1, 0.15) is 5.56 Å². The summed E-state index contributed by atoms with van der Waals surface area (Å²) in [6, 6.07) is 13.4. The van der Waals surface area contributed by atoms with Crippen LogP contribution in [-0.2, 0) is 0 Å². The standard InChI is InChI=1S/C18H14Cl2N2O2/c1-23-15-2-3-17-12(9-15)4-6-22(17)14-8-13(11-21)18(16(20)10-14)24-7-5-19/h2-4,6,8-10H,5,7H2,1H3. The summed E-state index contributed by atoms with van der Waals surface area (Å²) in [7, 11) is 1.64. The Labute approximate surface area is 149 Å². The number of methoxy groups -OCH3 is 1. The van der Waals surface area contributed by atoms with Crippen molar-refractivity contribution in [1.29, 1.82) is 5.26 Å². The Hall–Kier alpha value is -2.35. The van der Waals surface area contributed by atoms with Gasteiger partial charge in [-0.1, -0.05) is 11.6 Å². The van der Waals surface area contributed by atoms with E-state index >= 15 is 0 Å². The van der Waals surface area contributed by atoms with Crippen LogP contribution < -0.4 is 9.47 Å². The average Bonchev–Trinajstić information content (AvgIpc) is 3.03. The van der Waals surface area contributed by atoms with Gasteiger partial charge in [0.2, 0.25) is 0 Å². The minimum Gasteiger partial charge on any atom is -0.497 e. The van der Waals surface area contributed by atoms with Crippen molar-refractivity contribution in [3.63, 3.8) is 0 Å². The number of hydrogen-bond donors (Lipinski definition) is 0. The minimum atomic E-state index is 0.293. The molecule has 0 N–H and O–H groups in total. The SMILES string of the molecule is COc1ccc2c(ccn2-c2cc(Cl)c(OCCCl)c(C#N)c2)c1. The van der Waals surface area contributed by atoms with Crippen molar-refractivity contribution in [1.82, 2.24) is 4.57 Å². The molecule has 0 aliphatic rings. The first-order valence-corrected chi connectivity index (χ1v) is 8.17. The largest absolute Gasteiger partial charge is 0.497 e. The number of nitriles is 1. The molecule has 0 amide bonds. The molecule has 0 bridgehead atoms. The summed E-state index contributed by atoms with van der Waals surface area (Å²) in [6.07, 6.45) is 1.93. The van der Waals surface area contributed by atoms with Crippen molar-refractivity contribution in [3.8, 4) is 23.3 Å². The van der Waals surface area contributed by atoms with E-state index in [0.717, 1.165) is 22.3 Å². The van der Waals surface area contributed by atoms with E-state index in [1.165, 1.54) is 0 Å². The van der Waals surface area contributed by atoms with Gasteiger partial charge in [0.25, 0.3) is 0 Å². The Bertz CT molecular complexity index is 929. The van der Waals surface area contributed by atoms with Crippen LogP contribution in [0.4, 0.5) is 0 Å². The topological polar surface area (TPSA) is 47.2 Å². The second-order valence-electron chi connectivity index (χ2n) is 5.06. The Morgan fingerprint density at radius 3 is 2.75 bits per heavy atom. The predicted molar refractivity (Wildman–Crippen MR) is 95.8 cm³/mol. The van der Waals surface area contributed by atoms with E-state index in [1.54, 1.807) is 19.2 Å². The molecule has 122 valence electrons. The maximum atomic E-state index is 9.40. The summed E-state index contributed by atoms with van der Waals surface area (Å²) in [5, 5.41) is 10.8. The molecule has 4 nitrogen and oxygen atoms in total. The number of alkyl halides is 1. The maximum Gasteiger partial charge on any atom is 0.155 e. The molecule has 0 aliphatic heterocycles. The number of hydrogen-bond acceptors (Lipinski definition) is 3. The van der Waals surface area contributed by atoms with Crippen LogP contribution in [0.2, 0.25) is 5.02 Å². The lowest BCUT2D eigenvalue weighted by Gasteiger charge is -2.12. The van der Waals surface area contributed by atoms with Gasteiger partial charge < -0.3 is 14.0 Å². The molecule has 0 saturated carbocycles. The number of halogens is 2. The number of fused-ring (bicyclic) bond motifs is 1. The van der Waals surface area contributed by atoms with Gasteiger partial charge in [0.05, 0.1) is 29.1 Å². The van der Waals surface area contributed by atoms with E-state index in [9.17, 15) is 5.26 Å². The van der Waals surface area contributed by atoms with E-state index in [1.807, 2.05) is 35.0 Å². The number of aromatic nitrogens is 1. The molecule has 1 aromatic heterocycles. The second kappa shape index (κ2) is 7.04. The van der Waals surface area contributed by atoms with E-state index in [-0.39, 0.29) is 0 Å². The monoisotopic (exact) mass is 360 g/mol. The zero-order valence-electron chi connectivity index (χ0n) is 12.9. The lowest BCUT2D eigenvalue weighted by Crippen LogP contribution is -2.02. The molecule has 6 heteroatoms. The molecule has 0 saturated heterocycles. The molecule has 0 aliphatic carbocycles. The van der Waals surface area contributed by atoms with Crippen LogP contribution >= 0.6 is 23.2 Å². The summed E-state index contributed by atoms with van der Waals surface area (Å²) in [4.78, 5) is 0. The third-order valence-electron chi connectivity index (χ3n) is 3.65. The second-order valence-corrected chi connectivity index (χ2v) is 5.85. The maximum absolute atomic E-state index is 9.40. The lowest BCUT2D eigenvalue weighted by molar-refractivity contribution is 0.342. The van der Waals surface area contributed by atoms with Crippen molar-refractivity contribution in [2.24, 2.45) is 0 Å². The molecule has 0 radical (unpaired) electrons. The van der Waals surface area contributed by atoms with Gasteiger partial charge in [-0.05, 0) is 36.4 Å². The normalized spacial score (nSPS) is 10.6. The summed E-state index contributed by atoms with van der Waals surface area (Å²) >= 11 is 11.9. The van der Waals surface area contributed by atoms with E-state index in [0.29, 0.717) is 28.8 Å². The highest BCUT2D eigenvalue weighted by Crippen LogP contribution is 2.33. The van der Waals surface area contributed by atoms with E-state index in [2.05, 4.69) is 6.07 Å². The lowest BCUT2D eigenvalue weighted by atomic mass is 10.2. The van der Waals surface area contributed by atoms with Gasteiger partial charge in [0, 0.05) is 17.3 Å². The highest BCUT2D eigenvalue weighted by molar-refractivity contribution is 6.32. The van der Waals surface area contributed by atoms with Crippen LogP contribution in [0.3, 0.4) is 0 Å². The Kier molecular flexibility index (Phi) is 4.84. The molecular formula is C18H14Cl2N2O2. The molecule has 0 atom stereocenters. The fourth-order valence-corrected chi connectivity index (χ4v) is 2.91. The number of ether oxygens (including phenoxy) is 2. The van der Waals surface area contributed by atoms with Gasteiger partial charge in [0.15, 0.2) is 5.75 Å². The van der Waals surface area contributed by atoms with Crippen LogP contribution in [0.5, 0.6) is 11.5 Å². The molecule has 24 heavy (non-hydrogen) atoms. The fraction of sp³-hybridized carbons (Fsp3) is 0.167. The molecule has 2 aromatic carbocycles. The van der Waals surface area contributed by atoms with Gasteiger partial charge >= 0.3 is 0 Å². The van der Waals surface area contributed by atoms with Crippen LogP contribution in [-0.4, -0.2) is 24.2 Å². The van der Waals surface area contributed by atoms with Crippen LogP contribution in [0, 0.1) is 11.3 Å². The van der Waals surface area contributed by atoms with Gasteiger partial charge in [-0.3, -0.25) is 0 Å². The highest BCUT2D eigenvalue weighted by atomic mass is 35.5. The smallest absolute Gasteiger partial charge is 0.155 e. The van der Waals surface area contributed by atoms with Gasteiger partial charge in [-0.2, -0.15) is 5.26 Å². The minimum absolute atomic E-state index is 0.293. The molecule has 0 unspecified atom stereocenters. The molecular weight excluding hydrogens is 347 g/mol. The summed E-state index contributed by atoms with van der Waals surface area (Å²) in [5.41, 5.74) is 2.15. The number of benzene rings is 2. The van der Waals surface area contributed by atoms with E-state index < -0.39 is 0 Å². The van der Waals surface area contributed by atoms with Crippen molar-refractivity contribution >= 4 is 34.1 Å². The molecule has 0 fully saturated rings. The van der Waals surface area contributed by atoms with Crippen molar-refractivity contribution in [3.05, 3.63) is 53.2 Å². The third kappa shape index (κ3) is 3.01. The van der Waals surface area contributed by atoms with Gasteiger partial charge in [0.1, 0.15) is 18.4 Å². The van der Waals surface area contributed by atoms with Crippen LogP contribution in [0.15, 0.2) is 42.6 Å². The Morgan fingerprint density at radius 2 is 2.04 bits per heavy atom. The van der Waals surface area contributed by atoms with Crippen molar-refractivity contribution in [2.45, 2.75) is 0 Å². The number of rotatable bonds is 5.